The van der Waals surface area contributed by atoms with Crippen molar-refractivity contribution in [3.63, 3.8) is 0 Å². The molecule has 0 atom stereocenters. The monoisotopic (exact) mass is 335 g/mol. The van der Waals surface area contributed by atoms with Gasteiger partial charge in [-0.25, -0.2) is 4.68 Å². The number of nitrogens with zero attached hydrogens (tertiary/aromatic N) is 4. The number of aryl methyl sites for hydroxylation is 1. The summed E-state index contributed by atoms with van der Waals surface area (Å²) in [4.78, 5) is 11.9. The fourth-order valence-electron chi connectivity index (χ4n) is 2.02. The van der Waals surface area contributed by atoms with E-state index in [2.05, 4.69) is 20.6 Å². The van der Waals surface area contributed by atoms with Crippen molar-refractivity contribution in [2.45, 2.75) is 6.92 Å². The number of ether oxygens (including phenoxy) is 1. The Morgan fingerprint density at radius 2 is 1.80 bits per heavy atom. The van der Waals surface area contributed by atoms with Crippen molar-refractivity contribution in [1.29, 1.82) is 0 Å². The lowest BCUT2D eigenvalue weighted by molar-refractivity contribution is -0.118. The van der Waals surface area contributed by atoms with Crippen LogP contribution in [0, 0.1) is 6.92 Å². The average Bonchev–Trinajstić information content (AvgIpc) is 3.15. The highest BCUT2D eigenvalue weighted by Gasteiger charge is 2.03. The lowest BCUT2D eigenvalue weighted by Crippen LogP contribution is -2.20. The molecule has 1 amide bonds. The van der Waals surface area contributed by atoms with Crippen molar-refractivity contribution in [3.8, 4) is 5.75 Å². The molecule has 3 rings (SSSR count). The van der Waals surface area contributed by atoms with Crippen LogP contribution in [0.25, 0.3) is 0 Å². The standard InChI is InChI=1S/C18H17N5O2/c1-14-2-6-16(7-3-14)22-18(24)11-25-17-8-4-15(5-9-17)10-21-23-12-19-20-13-23/h2-10,12-13H,11H2,1H3,(H,22,24)/b21-10+. The van der Waals surface area contributed by atoms with E-state index in [0.717, 1.165) is 16.8 Å². The second kappa shape index (κ2) is 7.87. The van der Waals surface area contributed by atoms with Gasteiger partial charge in [0.15, 0.2) is 6.61 Å². The van der Waals surface area contributed by atoms with Crippen molar-refractivity contribution in [3.05, 3.63) is 72.3 Å². The summed E-state index contributed by atoms with van der Waals surface area (Å²) in [6.45, 7) is 1.94. The van der Waals surface area contributed by atoms with Gasteiger partial charge in [0.05, 0.1) is 6.21 Å². The molecule has 0 aliphatic rings. The molecule has 0 saturated heterocycles. The Labute approximate surface area is 145 Å². The van der Waals surface area contributed by atoms with Gasteiger partial charge in [0.2, 0.25) is 0 Å². The Bertz CT molecular complexity index is 840. The predicted molar refractivity (Wildman–Crippen MR) is 94.8 cm³/mol. The van der Waals surface area contributed by atoms with Crippen LogP contribution in [-0.4, -0.2) is 33.6 Å². The molecule has 1 heterocycles. The van der Waals surface area contributed by atoms with Crippen LogP contribution in [-0.2, 0) is 4.79 Å². The van der Waals surface area contributed by atoms with Crippen molar-refractivity contribution >= 4 is 17.8 Å². The third kappa shape index (κ3) is 5.00. The first-order valence-electron chi connectivity index (χ1n) is 7.67. The Kier molecular flexibility index (Phi) is 5.16. The zero-order chi connectivity index (χ0) is 17.5. The minimum atomic E-state index is -0.206. The zero-order valence-electron chi connectivity index (χ0n) is 13.7. The molecule has 7 nitrogen and oxygen atoms in total. The fourth-order valence-corrected chi connectivity index (χ4v) is 2.02. The molecule has 0 fully saturated rings. The molecular formula is C18H17N5O2. The molecule has 1 N–H and O–H groups in total. The van der Waals surface area contributed by atoms with E-state index in [1.165, 1.54) is 17.3 Å². The first-order valence-corrected chi connectivity index (χ1v) is 7.67. The number of hydrogen-bond donors (Lipinski definition) is 1. The topological polar surface area (TPSA) is 81.4 Å². The molecule has 126 valence electrons. The van der Waals surface area contributed by atoms with Gasteiger partial charge < -0.3 is 10.1 Å². The summed E-state index contributed by atoms with van der Waals surface area (Å²) in [5, 5.41) is 14.3. The fraction of sp³-hybridized carbons (Fsp3) is 0.111. The van der Waals surface area contributed by atoms with Gasteiger partial charge in [-0.15, -0.1) is 10.2 Å². The van der Waals surface area contributed by atoms with Crippen LogP contribution in [0.3, 0.4) is 0 Å². The number of carbonyl (C=O) groups is 1. The highest BCUT2D eigenvalue weighted by atomic mass is 16.5. The van der Waals surface area contributed by atoms with Gasteiger partial charge in [0.25, 0.3) is 5.91 Å². The van der Waals surface area contributed by atoms with Crippen LogP contribution in [0.1, 0.15) is 11.1 Å². The molecule has 0 saturated carbocycles. The number of nitrogens with one attached hydrogen (secondary N) is 1. The summed E-state index contributed by atoms with van der Waals surface area (Å²) in [7, 11) is 0. The molecule has 0 aliphatic heterocycles. The van der Waals surface area contributed by atoms with E-state index in [0.29, 0.717) is 5.75 Å². The third-order valence-electron chi connectivity index (χ3n) is 3.33. The largest absolute Gasteiger partial charge is 0.484 e. The van der Waals surface area contributed by atoms with Crippen LogP contribution in [0.15, 0.2) is 66.3 Å². The number of rotatable bonds is 6. The Morgan fingerprint density at radius 1 is 1.12 bits per heavy atom. The first kappa shape index (κ1) is 16.4. The van der Waals surface area contributed by atoms with Crippen molar-refractivity contribution in [1.82, 2.24) is 14.9 Å². The minimum Gasteiger partial charge on any atom is -0.484 e. The Hall–Kier alpha value is -3.48. The van der Waals surface area contributed by atoms with Crippen LogP contribution < -0.4 is 10.1 Å². The number of hydrogen-bond acceptors (Lipinski definition) is 5. The van der Waals surface area contributed by atoms with E-state index in [9.17, 15) is 4.79 Å². The second-order valence-electron chi connectivity index (χ2n) is 5.36. The highest BCUT2D eigenvalue weighted by molar-refractivity contribution is 5.91. The van der Waals surface area contributed by atoms with E-state index >= 15 is 0 Å². The number of aromatic nitrogens is 3. The van der Waals surface area contributed by atoms with Crippen LogP contribution in [0.5, 0.6) is 5.75 Å². The quantitative estimate of drug-likeness (QED) is 0.702. The Morgan fingerprint density at radius 3 is 2.48 bits per heavy atom. The van der Waals surface area contributed by atoms with Gasteiger partial charge in [-0.05, 0) is 48.9 Å². The molecule has 2 aromatic carbocycles. The SMILES string of the molecule is Cc1ccc(NC(=O)COc2ccc(/C=N/n3cnnc3)cc2)cc1. The van der Waals surface area contributed by atoms with Crippen molar-refractivity contribution in [2.24, 2.45) is 5.10 Å². The number of anilines is 1. The van der Waals surface area contributed by atoms with Gasteiger partial charge in [0, 0.05) is 5.69 Å². The van der Waals surface area contributed by atoms with E-state index in [1.54, 1.807) is 18.3 Å². The summed E-state index contributed by atoms with van der Waals surface area (Å²) in [5.74, 6) is 0.405. The summed E-state index contributed by atoms with van der Waals surface area (Å²) < 4.78 is 6.99. The number of benzene rings is 2. The third-order valence-corrected chi connectivity index (χ3v) is 3.33. The van der Waals surface area contributed by atoms with Crippen molar-refractivity contribution in [2.75, 3.05) is 11.9 Å². The lowest BCUT2D eigenvalue weighted by Gasteiger charge is -2.08. The molecular weight excluding hydrogens is 318 g/mol. The molecule has 25 heavy (non-hydrogen) atoms. The Balaban J connectivity index is 1.49. The zero-order valence-corrected chi connectivity index (χ0v) is 13.7. The van der Waals surface area contributed by atoms with Crippen LogP contribution >= 0.6 is 0 Å². The smallest absolute Gasteiger partial charge is 0.262 e. The number of amides is 1. The van der Waals surface area contributed by atoms with Crippen molar-refractivity contribution < 1.29 is 9.53 Å². The average molecular weight is 335 g/mol. The van der Waals surface area contributed by atoms with E-state index in [1.807, 2.05) is 43.3 Å². The highest BCUT2D eigenvalue weighted by Crippen LogP contribution is 2.12. The van der Waals surface area contributed by atoms with Crippen LogP contribution in [0.2, 0.25) is 0 Å². The van der Waals surface area contributed by atoms with Gasteiger partial charge in [-0.1, -0.05) is 17.7 Å². The molecule has 1 aromatic heterocycles. The molecule has 3 aromatic rings. The molecule has 0 bridgehead atoms. The number of carbonyl (C=O) groups excluding carboxylic acids is 1. The molecule has 0 aliphatic carbocycles. The second-order valence-corrected chi connectivity index (χ2v) is 5.36. The summed E-state index contributed by atoms with van der Waals surface area (Å²) in [6, 6.07) is 14.9. The summed E-state index contributed by atoms with van der Waals surface area (Å²) in [5.41, 5.74) is 2.78. The molecule has 0 unspecified atom stereocenters. The van der Waals surface area contributed by atoms with Crippen LogP contribution in [0.4, 0.5) is 5.69 Å². The minimum absolute atomic E-state index is 0.0536. The summed E-state index contributed by atoms with van der Waals surface area (Å²) >= 11 is 0. The maximum Gasteiger partial charge on any atom is 0.262 e. The van der Waals surface area contributed by atoms with E-state index < -0.39 is 0 Å². The normalized spacial score (nSPS) is 10.8. The van der Waals surface area contributed by atoms with Gasteiger partial charge in [0.1, 0.15) is 18.4 Å². The van der Waals surface area contributed by atoms with Gasteiger partial charge in [-0.3, -0.25) is 4.79 Å². The molecule has 0 radical (unpaired) electrons. The maximum atomic E-state index is 11.9. The van der Waals surface area contributed by atoms with E-state index in [-0.39, 0.29) is 12.5 Å². The van der Waals surface area contributed by atoms with Gasteiger partial charge >= 0.3 is 0 Å². The maximum absolute atomic E-state index is 11.9. The molecule has 0 spiro atoms. The summed E-state index contributed by atoms with van der Waals surface area (Å²) in [6.07, 6.45) is 4.68. The van der Waals surface area contributed by atoms with E-state index in [4.69, 9.17) is 4.74 Å². The molecule has 7 heteroatoms. The lowest BCUT2D eigenvalue weighted by atomic mass is 10.2. The van der Waals surface area contributed by atoms with Gasteiger partial charge in [-0.2, -0.15) is 5.10 Å². The predicted octanol–water partition coefficient (Wildman–Crippen LogP) is 2.49. The first-order chi connectivity index (χ1) is 12.2.